The van der Waals surface area contributed by atoms with Gasteiger partial charge < -0.3 is 10.1 Å². The fourth-order valence-electron chi connectivity index (χ4n) is 3.27. The number of rotatable bonds is 9. The molecule has 0 bridgehead atoms. The number of hydrogen-bond donors (Lipinski definition) is 2. The summed E-state index contributed by atoms with van der Waals surface area (Å²) < 4.78 is 30.2. The molecule has 1 heterocycles. The summed E-state index contributed by atoms with van der Waals surface area (Å²) in [6, 6.07) is 21.4. The lowest BCUT2D eigenvalue weighted by Gasteiger charge is -2.16. The highest BCUT2D eigenvalue weighted by atomic mass is 32.2. The molecule has 0 aliphatic heterocycles. The summed E-state index contributed by atoms with van der Waals surface area (Å²) in [4.78, 5) is 17.9. The first-order chi connectivity index (χ1) is 16.3. The Morgan fingerprint density at radius 1 is 1.12 bits per heavy atom. The van der Waals surface area contributed by atoms with E-state index in [1.165, 1.54) is 35.2 Å². The molecule has 0 saturated carbocycles. The average molecular weight is 514 g/mol. The number of nitrogens with zero attached hydrogens (tertiary/aromatic N) is 1. The van der Waals surface area contributed by atoms with Crippen molar-refractivity contribution >= 4 is 49.2 Å². The zero-order chi connectivity index (χ0) is 24.1. The second-order valence-electron chi connectivity index (χ2n) is 7.36. The van der Waals surface area contributed by atoms with Crippen molar-refractivity contribution < 1.29 is 17.9 Å². The number of carbonyl (C=O) groups is 1. The van der Waals surface area contributed by atoms with Gasteiger partial charge in [0.05, 0.1) is 21.7 Å². The molecule has 4 aromatic rings. The molecule has 3 aromatic carbocycles. The van der Waals surface area contributed by atoms with Crippen LogP contribution in [0.3, 0.4) is 0 Å². The number of ether oxygens (including phenoxy) is 1. The molecule has 34 heavy (non-hydrogen) atoms. The third-order valence-corrected chi connectivity index (χ3v) is 8.22. The Labute approximate surface area is 206 Å². The maximum Gasteiger partial charge on any atom is 0.238 e. The van der Waals surface area contributed by atoms with E-state index in [4.69, 9.17) is 9.88 Å². The number of sulfonamides is 1. The standard InChI is InChI=1S/C24H23N3O4S3/c1-2-31-18-10-13-20-21(14-18)32-24(27-20)33-22(17-6-4-3-5-7-17)23(28)26-15-16-8-11-19(12-9-16)34(25,29)30/h3-14,22H,2,15H2,1H3,(H,26,28)(H2,25,29,30)/t22-/m1/s1. The number of nitrogens with two attached hydrogens (primary N) is 1. The number of thiazole rings is 1. The van der Waals surface area contributed by atoms with Crippen molar-refractivity contribution in [2.24, 2.45) is 5.14 Å². The van der Waals surface area contributed by atoms with Gasteiger partial charge in [-0.1, -0.05) is 54.2 Å². The monoisotopic (exact) mass is 513 g/mol. The van der Waals surface area contributed by atoms with Crippen LogP contribution in [0.5, 0.6) is 5.75 Å². The Balaban J connectivity index is 1.52. The third kappa shape index (κ3) is 5.95. The Kier molecular flexibility index (Phi) is 7.52. The van der Waals surface area contributed by atoms with E-state index in [1.807, 2.05) is 55.5 Å². The SMILES string of the molecule is CCOc1ccc2nc(S[C@@H](C(=O)NCc3ccc(S(N)(=O)=O)cc3)c3ccccc3)sc2c1. The molecule has 0 spiro atoms. The summed E-state index contributed by atoms with van der Waals surface area (Å²) >= 11 is 2.91. The molecule has 0 aliphatic carbocycles. The molecular weight excluding hydrogens is 490 g/mol. The van der Waals surface area contributed by atoms with Crippen LogP contribution in [0.25, 0.3) is 10.2 Å². The van der Waals surface area contributed by atoms with Gasteiger partial charge >= 0.3 is 0 Å². The van der Waals surface area contributed by atoms with Crippen molar-refractivity contribution in [3.8, 4) is 5.75 Å². The lowest BCUT2D eigenvalue weighted by molar-refractivity contribution is -0.120. The van der Waals surface area contributed by atoms with Gasteiger partial charge in [0, 0.05) is 6.54 Å². The average Bonchev–Trinajstić information content (AvgIpc) is 3.23. The van der Waals surface area contributed by atoms with Crippen LogP contribution in [-0.4, -0.2) is 25.9 Å². The summed E-state index contributed by atoms with van der Waals surface area (Å²) in [5.74, 6) is 0.627. The fraction of sp³-hybridized carbons (Fsp3) is 0.167. The number of nitrogens with one attached hydrogen (secondary N) is 1. The lowest BCUT2D eigenvalue weighted by Crippen LogP contribution is -2.27. The topological polar surface area (TPSA) is 111 Å². The van der Waals surface area contributed by atoms with Crippen LogP contribution >= 0.6 is 23.1 Å². The maximum absolute atomic E-state index is 13.2. The zero-order valence-corrected chi connectivity index (χ0v) is 20.8. The molecule has 7 nitrogen and oxygen atoms in total. The Morgan fingerprint density at radius 2 is 1.85 bits per heavy atom. The highest BCUT2D eigenvalue weighted by molar-refractivity contribution is 8.02. The molecule has 0 unspecified atom stereocenters. The van der Waals surface area contributed by atoms with Crippen LogP contribution in [-0.2, 0) is 21.4 Å². The van der Waals surface area contributed by atoms with Crippen LogP contribution in [0.1, 0.15) is 23.3 Å². The van der Waals surface area contributed by atoms with Crippen LogP contribution in [0.15, 0.2) is 82.0 Å². The summed E-state index contributed by atoms with van der Waals surface area (Å²) in [5.41, 5.74) is 2.49. The van der Waals surface area contributed by atoms with Crippen molar-refractivity contribution in [3.63, 3.8) is 0 Å². The molecule has 0 saturated heterocycles. The van der Waals surface area contributed by atoms with Gasteiger partial charge in [-0.15, -0.1) is 11.3 Å². The van der Waals surface area contributed by atoms with Gasteiger partial charge in [-0.05, 0) is 48.4 Å². The van der Waals surface area contributed by atoms with Crippen molar-refractivity contribution in [1.82, 2.24) is 10.3 Å². The molecule has 1 amide bonds. The van der Waals surface area contributed by atoms with Gasteiger partial charge in [-0.3, -0.25) is 4.79 Å². The molecule has 0 radical (unpaired) electrons. The van der Waals surface area contributed by atoms with Crippen molar-refractivity contribution in [3.05, 3.63) is 83.9 Å². The molecule has 3 N–H and O–H groups in total. The van der Waals surface area contributed by atoms with Gasteiger partial charge in [0.15, 0.2) is 4.34 Å². The third-order valence-electron chi connectivity index (χ3n) is 4.93. The number of hydrogen-bond acceptors (Lipinski definition) is 7. The van der Waals surface area contributed by atoms with Gasteiger partial charge in [-0.2, -0.15) is 0 Å². The Hall–Kier alpha value is -2.92. The number of aromatic nitrogens is 1. The minimum absolute atomic E-state index is 0.0311. The quantitative estimate of drug-likeness (QED) is 0.319. The van der Waals surface area contributed by atoms with Crippen LogP contribution in [0, 0.1) is 0 Å². The highest BCUT2D eigenvalue weighted by Crippen LogP contribution is 2.40. The van der Waals surface area contributed by atoms with Crippen LogP contribution in [0.2, 0.25) is 0 Å². The number of fused-ring (bicyclic) bond motifs is 1. The van der Waals surface area contributed by atoms with Gasteiger partial charge in [0.1, 0.15) is 11.0 Å². The highest BCUT2D eigenvalue weighted by Gasteiger charge is 2.24. The van der Waals surface area contributed by atoms with E-state index in [2.05, 4.69) is 10.3 Å². The van der Waals surface area contributed by atoms with E-state index in [1.54, 1.807) is 12.1 Å². The summed E-state index contributed by atoms with van der Waals surface area (Å²) in [6.45, 7) is 2.79. The van der Waals surface area contributed by atoms with E-state index in [0.717, 1.165) is 31.4 Å². The van der Waals surface area contributed by atoms with Gasteiger partial charge in [0.2, 0.25) is 15.9 Å². The number of primary sulfonamides is 1. The molecule has 1 aromatic heterocycles. The van der Waals surface area contributed by atoms with Crippen molar-refractivity contribution in [2.45, 2.75) is 28.0 Å². The molecule has 10 heteroatoms. The van der Waals surface area contributed by atoms with Crippen LogP contribution < -0.4 is 15.2 Å². The smallest absolute Gasteiger partial charge is 0.238 e. The van der Waals surface area contributed by atoms with E-state index >= 15 is 0 Å². The molecule has 176 valence electrons. The van der Waals surface area contributed by atoms with E-state index in [9.17, 15) is 13.2 Å². The second-order valence-corrected chi connectivity index (χ2v) is 11.3. The van der Waals surface area contributed by atoms with Crippen LogP contribution in [0.4, 0.5) is 0 Å². The first-order valence-electron chi connectivity index (χ1n) is 10.5. The number of amides is 1. The largest absolute Gasteiger partial charge is 0.494 e. The maximum atomic E-state index is 13.2. The normalized spacial score (nSPS) is 12.4. The summed E-state index contributed by atoms with van der Waals surface area (Å²) in [5, 5.41) is 7.59. The van der Waals surface area contributed by atoms with Gasteiger partial charge in [0.25, 0.3) is 0 Å². The van der Waals surface area contributed by atoms with E-state index in [0.29, 0.717) is 6.61 Å². The van der Waals surface area contributed by atoms with E-state index in [-0.39, 0.29) is 17.3 Å². The molecular formula is C24H23N3O4S3. The predicted octanol–water partition coefficient (Wildman–Crippen LogP) is 4.49. The van der Waals surface area contributed by atoms with Gasteiger partial charge in [-0.25, -0.2) is 18.5 Å². The fourth-order valence-corrected chi connectivity index (χ4v) is 6.10. The second kappa shape index (κ2) is 10.6. The first kappa shape index (κ1) is 24.2. The number of benzene rings is 3. The van der Waals surface area contributed by atoms with Crippen molar-refractivity contribution in [1.29, 1.82) is 0 Å². The lowest BCUT2D eigenvalue weighted by atomic mass is 10.1. The number of thioether (sulfide) groups is 1. The Bertz CT molecular complexity index is 1390. The molecule has 0 aliphatic rings. The van der Waals surface area contributed by atoms with Crippen molar-refractivity contribution in [2.75, 3.05) is 6.61 Å². The minimum atomic E-state index is -3.76. The summed E-state index contributed by atoms with van der Waals surface area (Å²) in [6.07, 6.45) is 0. The predicted molar refractivity (Wildman–Crippen MR) is 135 cm³/mol. The number of carbonyl (C=O) groups excluding carboxylic acids is 1. The summed E-state index contributed by atoms with van der Waals surface area (Å²) in [7, 11) is -3.76. The molecule has 1 atom stereocenters. The minimum Gasteiger partial charge on any atom is -0.494 e. The zero-order valence-electron chi connectivity index (χ0n) is 18.3. The molecule has 0 fully saturated rings. The van der Waals surface area contributed by atoms with E-state index < -0.39 is 15.3 Å². The first-order valence-corrected chi connectivity index (χ1v) is 13.7. The molecule has 4 rings (SSSR count). The Morgan fingerprint density at radius 3 is 2.53 bits per heavy atom.